The summed E-state index contributed by atoms with van der Waals surface area (Å²) in [5.74, 6) is 1.03. The molecule has 0 N–H and O–H groups in total. The van der Waals surface area contributed by atoms with E-state index < -0.39 is 0 Å². The van der Waals surface area contributed by atoms with Gasteiger partial charge in [0.1, 0.15) is 6.61 Å². The molecule has 4 aliphatic rings. The number of allylic oxidation sites excluding steroid dienone is 1. The number of carbonyl (C=O) groups excluding carboxylic acids is 1. The van der Waals surface area contributed by atoms with Crippen molar-refractivity contribution in [1.82, 2.24) is 0 Å². The van der Waals surface area contributed by atoms with Gasteiger partial charge in [-0.3, -0.25) is 4.79 Å². The highest BCUT2D eigenvalue weighted by Crippen LogP contribution is 2.49. The number of fused-ring (bicyclic) bond motifs is 1. The highest BCUT2D eigenvalue weighted by atomic mass is 16.7. The Bertz CT molecular complexity index is 706. The largest absolute Gasteiger partial charge is 0.461 e. The normalized spacial score (nSPS) is 34.1. The van der Waals surface area contributed by atoms with Gasteiger partial charge in [0.15, 0.2) is 12.6 Å². The molecule has 3 fully saturated rings. The zero-order valence-corrected chi connectivity index (χ0v) is 21.8. The lowest BCUT2D eigenvalue weighted by Crippen LogP contribution is -2.31. The third-order valence-corrected chi connectivity index (χ3v) is 7.96. The number of hydrogen-bond donors (Lipinski definition) is 0. The summed E-state index contributed by atoms with van der Waals surface area (Å²) in [7, 11) is 0. The molecule has 0 aromatic carbocycles. The molecule has 0 spiro atoms. The minimum atomic E-state index is -0.216. The SMILES string of the molecule is CCCCC[C@@H](/C=C\[C@H]1[C@H]2CC(COC(C)=O)=C[C@H]2C[C@H]1OC1CCCCO1)OC1CCCCO1. The molecule has 0 aromatic heterocycles. The van der Waals surface area contributed by atoms with E-state index in [1.807, 2.05) is 0 Å². The average Bonchev–Trinajstić information content (AvgIpc) is 3.40. The Morgan fingerprint density at radius 2 is 1.89 bits per heavy atom. The summed E-state index contributed by atoms with van der Waals surface area (Å²) >= 11 is 0. The molecular weight excluding hydrogens is 444 g/mol. The second-order valence-corrected chi connectivity index (χ2v) is 10.8. The molecule has 2 unspecified atom stereocenters. The van der Waals surface area contributed by atoms with Gasteiger partial charge in [0.2, 0.25) is 0 Å². The number of hydrogen-bond acceptors (Lipinski definition) is 6. The minimum Gasteiger partial charge on any atom is -0.461 e. The van der Waals surface area contributed by atoms with E-state index in [-0.39, 0.29) is 30.8 Å². The van der Waals surface area contributed by atoms with Crippen molar-refractivity contribution < 1.29 is 28.5 Å². The van der Waals surface area contributed by atoms with Crippen molar-refractivity contribution in [3.8, 4) is 0 Å². The maximum absolute atomic E-state index is 11.3. The molecule has 0 bridgehead atoms. The van der Waals surface area contributed by atoms with Crippen LogP contribution in [0.4, 0.5) is 0 Å². The molecule has 2 aliphatic carbocycles. The molecule has 0 aromatic rings. The second-order valence-electron chi connectivity index (χ2n) is 10.8. The van der Waals surface area contributed by atoms with E-state index in [2.05, 4.69) is 25.2 Å². The molecule has 198 valence electrons. The van der Waals surface area contributed by atoms with Crippen LogP contribution in [-0.2, 0) is 28.5 Å². The summed E-state index contributed by atoms with van der Waals surface area (Å²) < 4.78 is 30.1. The van der Waals surface area contributed by atoms with Crippen LogP contribution < -0.4 is 0 Å². The standard InChI is InChI=1S/C29H46O6/c1-3-4-5-10-24(34-28-11-6-8-15-31-28)13-14-25-26-18-22(20-33-21(2)30)17-23(26)19-27(25)35-29-12-7-9-16-32-29/h13-14,17,23-29H,3-12,15-16,18-20H2,1-2H3/b14-13-/t23-,24-,25-,26-,27+,28?,29?/m0/s1. The summed E-state index contributed by atoms with van der Waals surface area (Å²) in [6.07, 6.45) is 20.2. The molecule has 2 aliphatic heterocycles. The van der Waals surface area contributed by atoms with Crippen LogP contribution in [0.3, 0.4) is 0 Å². The molecule has 4 rings (SSSR count). The minimum absolute atomic E-state index is 0.0742. The van der Waals surface area contributed by atoms with E-state index in [1.54, 1.807) is 0 Å². The van der Waals surface area contributed by atoms with Crippen molar-refractivity contribution >= 4 is 5.97 Å². The predicted molar refractivity (Wildman–Crippen MR) is 135 cm³/mol. The van der Waals surface area contributed by atoms with E-state index in [0.29, 0.717) is 24.4 Å². The van der Waals surface area contributed by atoms with Gasteiger partial charge in [-0.15, -0.1) is 0 Å². The first-order valence-electron chi connectivity index (χ1n) is 14.2. The molecular formula is C29H46O6. The van der Waals surface area contributed by atoms with E-state index in [0.717, 1.165) is 58.2 Å². The zero-order chi connectivity index (χ0) is 24.5. The van der Waals surface area contributed by atoms with Gasteiger partial charge in [0, 0.05) is 26.1 Å². The van der Waals surface area contributed by atoms with Crippen LogP contribution in [0.25, 0.3) is 0 Å². The smallest absolute Gasteiger partial charge is 0.302 e. The first-order valence-corrected chi connectivity index (χ1v) is 14.2. The fraction of sp³-hybridized carbons (Fsp3) is 0.828. The first-order chi connectivity index (χ1) is 17.1. The maximum atomic E-state index is 11.3. The fourth-order valence-electron chi connectivity index (χ4n) is 6.11. The lowest BCUT2D eigenvalue weighted by Gasteiger charge is -2.30. The van der Waals surface area contributed by atoms with Crippen LogP contribution >= 0.6 is 0 Å². The molecule has 1 saturated carbocycles. The summed E-state index contributed by atoms with van der Waals surface area (Å²) in [6, 6.07) is 0. The van der Waals surface area contributed by atoms with Gasteiger partial charge in [-0.2, -0.15) is 0 Å². The highest BCUT2D eigenvalue weighted by molar-refractivity contribution is 5.66. The van der Waals surface area contributed by atoms with Gasteiger partial charge in [0.25, 0.3) is 0 Å². The van der Waals surface area contributed by atoms with Gasteiger partial charge < -0.3 is 23.7 Å². The zero-order valence-electron chi connectivity index (χ0n) is 21.8. The number of esters is 1. The summed E-state index contributed by atoms with van der Waals surface area (Å²) in [6.45, 7) is 5.73. The van der Waals surface area contributed by atoms with Crippen LogP contribution in [0, 0.1) is 17.8 Å². The quantitative estimate of drug-likeness (QED) is 0.187. The van der Waals surface area contributed by atoms with Crippen LogP contribution in [0.15, 0.2) is 23.8 Å². The van der Waals surface area contributed by atoms with Crippen molar-refractivity contribution in [3.63, 3.8) is 0 Å². The lowest BCUT2D eigenvalue weighted by atomic mass is 9.89. The molecule has 0 amide bonds. The monoisotopic (exact) mass is 490 g/mol. The van der Waals surface area contributed by atoms with Gasteiger partial charge in [-0.1, -0.05) is 44.4 Å². The Labute approximate surface area is 211 Å². The molecule has 2 saturated heterocycles. The number of ether oxygens (including phenoxy) is 5. The predicted octanol–water partition coefficient (Wildman–Crippen LogP) is 6.09. The Morgan fingerprint density at radius 3 is 2.57 bits per heavy atom. The third kappa shape index (κ3) is 8.14. The average molecular weight is 491 g/mol. The summed E-state index contributed by atoms with van der Waals surface area (Å²) in [5, 5.41) is 0. The third-order valence-electron chi connectivity index (χ3n) is 7.96. The van der Waals surface area contributed by atoms with Crippen LogP contribution in [0.5, 0.6) is 0 Å². The Hall–Kier alpha value is -1.21. The van der Waals surface area contributed by atoms with Gasteiger partial charge in [-0.05, 0) is 75.2 Å². The number of rotatable bonds is 12. The Morgan fingerprint density at radius 1 is 1.11 bits per heavy atom. The summed E-state index contributed by atoms with van der Waals surface area (Å²) in [4.78, 5) is 11.3. The van der Waals surface area contributed by atoms with Crippen molar-refractivity contribution in [1.29, 1.82) is 0 Å². The van der Waals surface area contributed by atoms with Crippen LogP contribution in [0.1, 0.15) is 90.9 Å². The van der Waals surface area contributed by atoms with Crippen LogP contribution in [-0.4, -0.2) is 50.6 Å². The second kappa shape index (κ2) is 13.9. The molecule has 2 heterocycles. The molecule has 6 heteroatoms. The van der Waals surface area contributed by atoms with E-state index in [1.165, 1.54) is 44.6 Å². The van der Waals surface area contributed by atoms with Gasteiger partial charge in [-0.25, -0.2) is 0 Å². The molecule has 6 nitrogen and oxygen atoms in total. The Balaban J connectivity index is 1.43. The van der Waals surface area contributed by atoms with E-state index in [4.69, 9.17) is 23.7 Å². The van der Waals surface area contributed by atoms with Crippen LogP contribution in [0.2, 0.25) is 0 Å². The summed E-state index contributed by atoms with van der Waals surface area (Å²) in [5.41, 5.74) is 1.24. The van der Waals surface area contributed by atoms with E-state index in [9.17, 15) is 4.79 Å². The van der Waals surface area contributed by atoms with Crippen molar-refractivity contribution in [2.24, 2.45) is 17.8 Å². The van der Waals surface area contributed by atoms with E-state index >= 15 is 0 Å². The maximum Gasteiger partial charge on any atom is 0.302 e. The number of unbranched alkanes of at least 4 members (excludes halogenated alkanes) is 2. The topological polar surface area (TPSA) is 63.2 Å². The van der Waals surface area contributed by atoms with Crippen molar-refractivity contribution in [2.45, 2.75) is 116 Å². The molecule has 7 atom stereocenters. The fourth-order valence-corrected chi connectivity index (χ4v) is 6.11. The number of carbonyl (C=O) groups is 1. The Kier molecular flexibility index (Phi) is 10.7. The van der Waals surface area contributed by atoms with Gasteiger partial charge in [0.05, 0.1) is 12.2 Å². The molecule has 0 radical (unpaired) electrons. The van der Waals surface area contributed by atoms with Crippen molar-refractivity contribution in [3.05, 3.63) is 23.8 Å². The van der Waals surface area contributed by atoms with Crippen molar-refractivity contribution in [2.75, 3.05) is 19.8 Å². The first kappa shape index (κ1) is 26.8. The molecule has 35 heavy (non-hydrogen) atoms. The van der Waals surface area contributed by atoms with Gasteiger partial charge >= 0.3 is 5.97 Å². The highest BCUT2D eigenvalue weighted by Gasteiger charge is 2.45. The lowest BCUT2D eigenvalue weighted by molar-refractivity contribution is -0.193.